The molecule has 4 rings (SSSR count). The lowest BCUT2D eigenvalue weighted by atomic mass is 9.70. The zero-order chi connectivity index (χ0) is 26.2. The fourth-order valence-electron chi connectivity index (χ4n) is 6.48. The van der Waals surface area contributed by atoms with E-state index >= 15 is 0 Å². The highest BCUT2D eigenvalue weighted by Crippen LogP contribution is 2.60. The third-order valence-electron chi connectivity index (χ3n) is 7.90. The second kappa shape index (κ2) is 10.6. The van der Waals surface area contributed by atoms with Crippen molar-refractivity contribution in [1.29, 1.82) is 0 Å². The van der Waals surface area contributed by atoms with Gasteiger partial charge in [0.05, 0.1) is 17.9 Å². The van der Waals surface area contributed by atoms with E-state index in [1.165, 1.54) is 0 Å². The molecule has 2 amide bonds. The maximum absolute atomic E-state index is 14.4. The maximum Gasteiger partial charge on any atom is 0.310 e. The first-order valence-electron chi connectivity index (χ1n) is 12.6. The number of hydrogen-bond donors (Lipinski definition) is 2. The number of aliphatic hydroxyl groups is 1. The number of anilines is 1. The van der Waals surface area contributed by atoms with Crippen molar-refractivity contribution >= 4 is 39.4 Å². The molecule has 3 aliphatic rings. The van der Waals surface area contributed by atoms with E-state index in [1.54, 1.807) is 15.9 Å². The number of unbranched alkanes of at least 4 members (excludes halogenated alkanes) is 3. The Balaban J connectivity index is 1.76. The van der Waals surface area contributed by atoms with Gasteiger partial charge in [0, 0.05) is 30.2 Å². The number of nitrogens with zero attached hydrogens (tertiary/aromatic N) is 2. The second-order valence-electron chi connectivity index (χ2n) is 10.1. The smallest absolute Gasteiger partial charge is 0.310 e. The minimum atomic E-state index is -1.20. The van der Waals surface area contributed by atoms with Gasteiger partial charge in [-0.15, -0.1) is 6.58 Å². The molecule has 36 heavy (non-hydrogen) atoms. The highest BCUT2D eigenvalue weighted by Gasteiger charge is 2.76. The van der Waals surface area contributed by atoms with Gasteiger partial charge in [-0.25, -0.2) is 0 Å². The Hall–Kier alpha value is -2.23. The number of carbonyl (C=O) groups excluding carboxylic acids is 2. The monoisotopic (exact) mass is 562 g/mol. The molecule has 0 radical (unpaired) electrons. The van der Waals surface area contributed by atoms with Gasteiger partial charge < -0.3 is 24.7 Å². The van der Waals surface area contributed by atoms with Gasteiger partial charge in [0.1, 0.15) is 11.6 Å². The molecule has 196 valence electrons. The standard InChI is InChI=1S/C27H35BrN2O6/c1-4-12-29(21-16(2)10-9-11-17(21)3)25(33)23-27-15-18(28)22(36-27)19(26(34)35)20(27)24(32)30(23)13-7-5-6-8-14-31/h4,9-11,18-20,22-23,31H,1,5-8,12-15H2,2-3H3,(H,34,35)/t18?,19-,20-,22-,23?,27?/m0/s1. The lowest BCUT2D eigenvalue weighted by molar-refractivity contribution is -0.149. The SMILES string of the molecule is C=CCN(C(=O)C1N(CCCCCCO)C(=O)[C@@H]2[C@H](C(=O)O)[C@H]3OC12CC3Br)c1c(C)cccc1C. The third-order valence-corrected chi connectivity index (χ3v) is 8.75. The number of amides is 2. The summed E-state index contributed by atoms with van der Waals surface area (Å²) >= 11 is 3.59. The van der Waals surface area contributed by atoms with Crippen molar-refractivity contribution in [3.05, 3.63) is 42.0 Å². The number of halogens is 1. The Morgan fingerprint density at radius 2 is 1.92 bits per heavy atom. The van der Waals surface area contributed by atoms with Gasteiger partial charge in [-0.2, -0.15) is 0 Å². The molecule has 3 saturated heterocycles. The van der Waals surface area contributed by atoms with Crippen LogP contribution >= 0.6 is 15.9 Å². The summed E-state index contributed by atoms with van der Waals surface area (Å²) in [5.41, 5.74) is 1.43. The van der Waals surface area contributed by atoms with Crippen LogP contribution in [0.15, 0.2) is 30.9 Å². The van der Waals surface area contributed by atoms with Crippen molar-refractivity contribution < 1.29 is 29.3 Å². The highest BCUT2D eigenvalue weighted by atomic mass is 79.9. The van der Waals surface area contributed by atoms with E-state index in [1.807, 2.05) is 32.0 Å². The van der Waals surface area contributed by atoms with Crippen LogP contribution in [0.3, 0.4) is 0 Å². The zero-order valence-electron chi connectivity index (χ0n) is 20.9. The molecule has 2 bridgehead atoms. The van der Waals surface area contributed by atoms with Crippen molar-refractivity contribution in [1.82, 2.24) is 4.90 Å². The Bertz CT molecular complexity index is 1030. The van der Waals surface area contributed by atoms with Gasteiger partial charge in [-0.05, 0) is 44.2 Å². The quantitative estimate of drug-likeness (QED) is 0.243. The highest BCUT2D eigenvalue weighted by molar-refractivity contribution is 9.09. The summed E-state index contributed by atoms with van der Waals surface area (Å²) < 4.78 is 6.38. The number of carboxylic acid groups (broad SMARTS) is 1. The molecule has 6 atom stereocenters. The molecule has 3 heterocycles. The maximum atomic E-state index is 14.4. The summed E-state index contributed by atoms with van der Waals surface area (Å²) in [5, 5.41) is 19.1. The van der Waals surface area contributed by atoms with E-state index in [9.17, 15) is 19.5 Å². The van der Waals surface area contributed by atoms with Crippen LogP contribution in [0.4, 0.5) is 5.69 Å². The number of para-hydroxylation sites is 1. The van der Waals surface area contributed by atoms with Crippen molar-refractivity contribution in [3.63, 3.8) is 0 Å². The lowest BCUT2D eigenvalue weighted by Crippen LogP contribution is -2.57. The van der Waals surface area contributed by atoms with Crippen molar-refractivity contribution in [2.45, 2.75) is 68.5 Å². The van der Waals surface area contributed by atoms with Crippen molar-refractivity contribution in [2.24, 2.45) is 11.8 Å². The summed E-state index contributed by atoms with van der Waals surface area (Å²) in [6.07, 6.45) is 4.34. The van der Waals surface area contributed by atoms with Crippen LogP contribution in [0.5, 0.6) is 0 Å². The molecule has 9 heteroatoms. The number of carboxylic acids is 1. The van der Waals surface area contributed by atoms with E-state index < -0.39 is 35.6 Å². The molecular formula is C27H35BrN2O6. The first kappa shape index (κ1) is 26.8. The van der Waals surface area contributed by atoms with Gasteiger partial charge in [0.15, 0.2) is 0 Å². The molecule has 0 aromatic heterocycles. The number of hydrogen-bond acceptors (Lipinski definition) is 5. The Labute approximate surface area is 220 Å². The number of aliphatic carboxylic acids is 1. The summed E-state index contributed by atoms with van der Waals surface area (Å²) in [6, 6.07) is 4.89. The number of fused-ring (bicyclic) bond motifs is 1. The zero-order valence-corrected chi connectivity index (χ0v) is 22.4. The number of aryl methyl sites for hydroxylation is 2. The second-order valence-corrected chi connectivity index (χ2v) is 11.3. The molecule has 0 aliphatic carbocycles. The molecule has 3 unspecified atom stereocenters. The van der Waals surface area contributed by atoms with Crippen LogP contribution in [-0.4, -0.2) is 75.2 Å². The predicted molar refractivity (Wildman–Crippen MR) is 139 cm³/mol. The number of ether oxygens (including phenoxy) is 1. The van der Waals surface area contributed by atoms with Gasteiger partial charge in [0.2, 0.25) is 5.91 Å². The lowest BCUT2D eigenvalue weighted by Gasteiger charge is -2.37. The largest absolute Gasteiger partial charge is 0.481 e. The van der Waals surface area contributed by atoms with Gasteiger partial charge in [0.25, 0.3) is 5.91 Å². The molecule has 3 aliphatic heterocycles. The minimum Gasteiger partial charge on any atom is -0.481 e. The van der Waals surface area contributed by atoms with Crippen LogP contribution in [0.2, 0.25) is 0 Å². The Morgan fingerprint density at radius 1 is 1.25 bits per heavy atom. The molecule has 1 spiro atoms. The normalized spacial score (nSPS) is 30.5. The summed E-state index contributed by atoms with van der Waals surface area (Å²) in [5.74, 6) is -3.56. The summed E-state index contributed by atoms with van der Waals surface area (Å²) in [6.45, 7) is 8.44. The number of rotatable bonds is 11. The van der Waals surface area contributed by atoms with E-state index in [4.69, 9.17) is 9.84 Å². The Kier molecular flexibility index (Phi) is 7.92. The van der Waals surface area contributed by atoms with E-state index in [0.29, 0.717) is 25.8 Å². The first-order chi connectivity index (χ1) is 17.2. The summed E-state index contributed by atoms with van der Waals surface area (Å²) in [4.78, 5) is 43.5. The van der Waals surface area contributed by atoms with Gasteiger partial charge in [-0.3, -0.25) is 14.4 Å². The van der Waals surface area contributed by atoms with Crippen molar-refractivity contribution in [2.75, 3.05) is 24.6 Å². The third kappa shape index (κ3) is 4.29. The van der Waals surface area contributed by atoms with Gasteiger partial charge in [-0.1, -0.05) is 53.0 Å². The van der Waals surface area contributed by atoms with Crippen LogP contribution in [0.25, 0.3) is 0 Å². The average molecular weight is 563 g/mol. The molecule has 1 aromatic carbocycles. The number of benzene rings is 1. The molecule has 3 fully saturated rings. The van der Waals surface area contributed by atoms with E-state index in [2.05, 4.69) is 22.5 Å². The van der Waals surface area contributed by atoms with Crippen LogP contribution in [-0.2, 0) is 19.1 Å². The van der Waals surface area contributed by atoms with Crippen LogP contribution in [0, 0.1) is 25.7 Å². The van der Waals surface area contributed by atoms with Crippen molar-refractivity contribution in [3.8, 4) is 0 Å². The fourth-order valence-corrected chi connectivity index (χ4v) is 7.42. The molecule has 2 N–H and O–H groups in total. The van der Waals surface area contributed by atoms with Crippen LogP contribution in [0.1, 0.15) is 43.2 Å². The first-order valence-corrected chi connectivity index (χ1v) is 13.6. The number of likely N-dealkylation sites (tertiary alicyclic amines) is 1. The van der Waals surface area contributed by atoms with E-state index in [-0.39, 0.29) is 29.8 Å². The molecule has 0 saturated carbocycles. The number of alkyl halides is 1. The Morgan fingerprint density at radius 3 is 2.53 bits per heavy atom. The molecule has 8 nitrogen and oxygen atoms in total. The molecule has 1 aromatic rings. The van der Waals surface area contributed by atoms with Crippen LogP contribution < -0.4 is 4.90 Å². The number of aliphatic hydroxyl groups excluding tert-OH is 1. The minimum absolute atomic E-state index is 0.114. The predicted octanol–water partition coefficient (Wildman–Crippen LogP) is 3.21. The topological polar surface area (TPSA) is 107 Å². The van der Waals surface area contributed by atoms with E-state index in [0.717, 1.165) is 29.7 Å². The summed E-state index contributed by atoms with van der Waals surface area (Å²) in [7, 11) is 0. The molecular weight excluding hydrogens is 528 g/mol. The van der Waals surface area contributed by atoms with Gasteiger partial charge >= 0.3 is 5.97 Å². The fraction of sp³-hybridized carbons (Fsp3) is 0.593. The number of carbonyl (C=O) groups is 3. The average Bonchev–Trinajstić information content (AvgIpc) is 3.41.